The fraction of sp³-hybridized carbons (Fsp3) is 0.444. The van der Waals surface area contributed by atoms with Crippen molar-refractivity contribution in [3.63, 3.8) is 0 Å². The first kappa shape index (κ1) is 18.0. The van der Waals surface area contributed by atoms with E-state index in [0.29, 0.717) is 24.8 Å². The topological polar surface area (TPSA) is 54.5 Å². The lowest BCUT2D eigenvalue weighted by atomic mass is 10.0. The van der Waals surface area contributed by atoms with Gasteiger partial charge in [0.1, 0.15) is 5.82 Å². The fourth-order valence-corrected chi connectivity index (χ4v) is 3.61. The summed E-state index contributed by atoms with van der Waals surface area (Å²) >= 11 is 1.44. The lowest BCUT2D eigenvalue weighted by Gasteiger charge is -2.39. The number of carbonyl (C=O) groups is 1. The summed E-state index contributed by atoms with van der Waals surface area (Å²) in [4.78, 5) is 20.1. The van der Waals surface area contributed by atoms with Crippen molar-refractivity contribution in [1.82, 2.24) is 9.88 Å². The van der Waals surface area contributed by atoms with Crippen molar-refractivity contribution in [2.45, 2.75) is 25.8 Å². The molecule has 7 heteroatoms. The Morgan fingerprint density at radius 3 is 2.68 bits per heavy atom. The van der Waals surface area contributed by atoms with Crippen LogP contribution >= 0.6 is 11.3 Å². The number of hydrogen-bond donors (Lipinski definition) is 1. The Bertz CT molecular complexity index is 724. The molecule has 1 amide bonds. The van der Waals surface area contributed by atoms with Gasteiger partial charge in [0.15, 0.2) is 5.13 Å². The Hall–Kier alpha value is -1.83. The number of ether oxygens (including phenoxy) is 1. The van der Waals surface area contributed by atoms with Crippen LogP contribution in [0.4, 0.5) is 9.52 Å². The molecule has 1 aromatic heterocycles. The number of thiazole rings is 1. The summed E-state index contributed by atoms with van der Waals surface area (Å²) in [5.74, 6) is -0.316. The van der Waals surface area contributed by atoms with Gasteiger partial charge in [0, 0.05) is 30.6 Å². The lowest BCUT2D eigenvalue weighted by molar-refractivity contribution is -0.129. The highest BCUT2D eigenvalue weighted by Gasteiger charge is 2.35. The van der Waals surface area contributed by atoms with E-state index in [1.54, 1.807) is 18.3 Å². The molecule has 0 saturated carbocycles. The van der Waals surface area contributed by atoms with Crippen LogP contribution in [0.25, 0.3) is 0 Å². The van der Waals surface area contributed by atoms with Gasteiger partial charge in [0.05, 0.1) is 18.8 Å². The van der Waals surface area contributed by atoms with Gasteiger partial charge in [-0.15, -0.1) is 11.3 Å². The summed E-state index contributed by atoms with van der Waals surface area (Å²) in [5.41, 5.74) is 0.392. The molecule has 25 heavy (non-hydrogen) atoms. The number of morpholine rings is 1. The molecule has 0 spiro atoms. The zero-order valence-corrected chi connectivity index (χ0v) is 15.2. The van der Waals surface area contributed by atoms with E-state index >= 15 is 0 Å². The summed E-state index contributed by atoms with van der Waals surface area (Å²) < 4.78 is 18.3. The van der Waals surface area contributed by atoms with E-state index in [2.05, 4.69) is 15.2 Å². The summed E-state index contributed by atoms with van der Waals surface area (Å²) in [6.07, 6.45) is 2.42. The van der Waals surface area contributed by atoms with Crippen LogP contribution in [0.3, 0.4) is 0 Å². The van der Waals surface area contributed by atoms with Crippen LogP contribution in [0, 0.1) is 5.82 Å². The molecular weight excluding hydrogens is 341 g/mol. The number of halogens is 1. The molecule has 1 fully saturated rings. The van der Waals surface area contributed by atoms with Crippen LogP contribution < -0.4 is 5.32 Å². The fourth-order valence-electron chi connectivity index (χ4n) is 2.77. The molecular formula is C18H22FN3O2S. The van der Waals surface area contributed by atoms with Gasteiger partial charge in [-0.1, -0.05) is 12.1 Å². The lowest BCUT2D eigenvalue weighted by Crippen LogP contribution is -2.56. The Morgan fingerprint density at radius 1 is 1.32 bits per heavy atom. The van der Waals surface area contributed by atoms with Crippen LogP contribution in [0.1, 0.15) is 24.3 Å². The molecule has 2 heterocycles. The Kier molecular flexibility index (Phi) is 5.46. The standard InChI is InChI=1S/C18H22FN3O2S/c1-18(2,22-7-9-24-10-8-22)16(23)21-17-20-12-15(25-17)11-13-3-5-14(19)6-4-13/h3-6,12H,7-11H2,1-2H3,(H,20,21,23). The number of hydrogen-bond acceptors (Lipinski definition) is 5. The second-order valence-corrected chi connectivity index (χ2v) is 7.66. The van der Waals surface area contributed by atoms with Crippen LogP contribution in [0.5, 0.6) is 0 Å². The smallest absolute Gasteiger partial charge is 0.246 e. The number of benzene rings is 1. The molecule has 3 rings (SSSR count). The van der Waals surface area contributed by atoms with Crippen molar-refractivity contribution in [3.05, 3.63) is 46.7 Å². The average Bonchev–Trinajstić information content (AvgIpc) is 3.04. The maximum atomic E-state index is 13.0. The molecule has 5 nitrogen and oxygen atoms in total. The molecule has 2 aromatic rings. The summed E-state index contributed by atoms with van der Waals surface area (Å²) in [6.45, 7) is 6.62. The highest BCUT2D eigenvalue weighted by Crippen LogP contribution is 2.24. The Balaban J connectivity index is 1.62. The molecule has 1 N–H and O–H groups in total. The Morgan fingerprint density at radius 2 is 2.00 bits per heavy atom. The number of carbonyl (C=O) groups excluding carboxylic acids is 1. The maximum Gasteiger partial charge on any atom is 0.246 e. The second-order valence-electron chi connectivity index (χ2n) is 6.55. The molecule has 1 aliphatic heterocycles. The van der Waals surface area contributed by atoms with Gasteiger partial charge in [0.2, 0.25) is 5.91 Å². The third-order valence-electron chi connectivity index (χ3n) is 4.42. The molecule has 0 radical (unpaired) electrons. The van der Waals surface area contributed by atoms with Gasteiger partial charge in [0.25, 0.3) is 0 Å². The van der Waals surface area contributed by atoms with Crippen molar-refractivity contribution < 1.29 is 13.9 Å². The van der Waals surface area contributed by atoms with Crippen LogP contribution in [0.2, 0.25) is 0 Å². The van der Waals surface area contributed by atoms with Gasteiger partial charge in [-0.25, -0.2) is 9.37 Å². The summed E-state index contributed by atoms with van der Waals surface area (Å²) in [6, 6.07) is 6.41. The van der Waals surface area contributed by atoms with Gasteiger partial charge in [-0.2, -0.15) is 0 Å². The van der Waals surface area contributed by atoms with Gasteiger partial charge >= 0.3 is 0 Å². The highest BCUT2D eigenvalue weighted by molar-refractivity contribution is 7.15. The zero-order valence-electron chi connectivity index (χ0n) is 14.4. The first-order valence-corrected chi connectivity index (χ1v) is 9.10. The highest BCUT2D eigenvalue weighted by atomic mass is 32.1. The monoisotopic (exact) mass is 363 g/mol. The molecule has 1 saturated heterocycles. The van der Waals surface area contributed by atoms with E-state index in [0.717, 1.165) is 23.5 Å². The second kappa shape index (κ2) is 7.59. The van der Waals surface area contributed by atoms with Gasteiger partial charge in [-0.3, -0.25) is 9.69 Å². The van der Waals surface area contributed by atoms with E-state index in [1.165, 1.54) is 23.5 Å². The van der Waals surface area contributed by atoms with Crippen LogP contribution in [-0.2, 0) is 16.0 Å². The number of aromatic nitrogens is 1. The summed E-state index contributed by atoms with van der Waals surface area (Å²) in [7, 11) is 0. The van der Waals surface area contributed by atoms with Crippen molar-refractivity contribution >= 4 is 22.4 Å². The molecule has 0 unspecified atom stereocenters. The number of rotatable bonds is 5. The first-order valence-electron chi connectivity index (χ1n) is 8.28. The first-order chi connectivity index (χ1) is 11.9. The van der Waals surface area contributed by atoms with Gasteiger partial charge < -0.3 is 10.1 Å². The molecule has 1 aromatic carbocycles. The Labute approximate surface area is 150 Å². The largest absolute Gasteiger partial charge is 0.379 e. The maximum absolute atomic E-state index is 13.0. The van der Waals surface area contributed by atoms with E-state index < -0.39 is 5.54 Å². The average molecular weight is 363 g/mol. The van der Waals surface area contributed by atoms with Crippen molar-refractivity contribution in [1.29, 1.82) is 0 Å². The van der Waals surface area contributed by atoms with Gasteiger partial charge in [-0.05, 0) is 31.5 Å². The molecule has 0 aliphatic carbocycles. The number of anilines is 1. The summed E-state index contributed by atoms with van der Waals surface area (Å²) in [5, 5.41) is 3.51. The minimum absolute atomic E-state index is 0.0721. The predicted octanol–water partition coefficient (Wildman–Crippen LogP) is 2.92. The third kappa shape index (κ3) is 4.42. The van der Waals surface area contributed by atoms with E-state index in [9.17, 15) is 9.18 Å². The van der Waals surface area contributed by atoms with Crippen molar-refractivity contribution in [3.8, 4) is 0 Å². The van der Waals surface area contributed by atoms with Crippen molar-refractivity contribution in [2.24, 2.45) is 0 Å². The van der Waals surface area contributed by atoms with Crippen molar-refractivity contribution in [2.75, 3.05) is 31.6 Å². The quantitative estimate of drug-likeness (QED) is 0.887. The predicted molar refractivity (Wildman–Crippen MR) is 96.4 cm³/mol. The minimum Gasteiger partial charge on any atom is -0.379 e. The van der Waals surface area contributed by atoms with Crippen LogP contribution in [-0.4, -0.2) is 47.6 Å². The van der Waals surface area contributed by atoms with E-state index in [4.69, 9.17) is 4.74 Å². The van der Waals surface area contributed by atoms with Crippen LogP contribution in [0.15, 0.2) is 30.5 Å². The number of nitrogens with zero attached hydrogens (tertiary/aromatic N) is 2. The normalized spacial score (nSPS) is 16.0. The molecule has 0 bridgehead atoms. The third-order valence-corrected chi connectivity index (χ3v) is 5.34. The van der Waals surface area contributed by atoms with E-state index in [-0.39, 0.29) is 11.7 Å². The number of amides is 1. The molecule has 0 atom stereocenters. The minimum atomic E-state index is -0.618. The number of nitrogens with one attached hydrogen (secondary N) is 1. The van der Waals surface area contributed by atoms with E-state index in [1.807, 2.05) is 13.8 Å². The SMILES string of the molecule is CC(C)(C(=O)Nc1ncc(Cc2ccc(F)cc2)s1)N1CCOCC1. The molecule has 134 valence electrons. The zero-order chi connectivity index (χ0) is 17.9. The molecule has 1 aliphatic rings.